The van der Waals surface area contributed by atoms with Crippen LogP contribution in [0.2, 0.25) is 0 Å². The molecule has 2 N–H and O–H groups in total. The van der Waals surface area contributed by atoms with Crippen molar-refractivity contribution in [3.05, 3.63) is 24.3 Å². The number of methoxy groups -OCH3 is 1. The monoisotopic (exact) mass is 259 g/mol. The highest BCUT2D eigenvalue weighted by molar-refractivity contribution is 5.64. The lowest BCUT2D eigenvalue weighted by molar-refractivity contribution is 0.308. The Balaban J connectivity index is 1.99. The Hall–Kier alpha value is -2.90. The van der Waals surface area contributed by atoms with E-state index in [0.29, 0.717) is 11.6 Å². The second kappa shape index (κ2) is 4.41. The second-order valence-electron chi connectivity index (χ2n) is 3.65. The third kappa shape index (κ3) is 1.99. The molecule has 0 saturated heterocycles. The Morgan fingerprint density at radius 3 is 2.84 bits per heavy atom. The summed E-state index contributed by atoms with van der Waals surface area (Å²) in [7, 11) is 1.59. The molecule has 3 aromatic rings. The van der Waals surface area contributed by atoms with Gasteiger partial charge in [0.15, 0.2) is 0 Å². The summed E-state index contributed by atoms with van der Waals surface area (Å²) in [4.78, 5) is 4.18. The summed E-state index contributed by atoms with van der Waals surface area (Å²) in [5.74, 6) is 1.35. The van der Waals surface area contributed by atoms with E-state index >= 15 is 0 Å². The predicted octanol–water partition coefficient (Wildman–Crippen LogP) is 1.38. The van der Waals surface area contributed by atoms with Crippen molar-refractivity contribution in [3.8, 4) is 28.7 Å². The van der Waals surface area contributed by atoms with Gasteiger partial charge in [-0.1, -0.05) is 17.3 Å². The van der Waals surface area contributed by atoms with Gasteiger partial charge in [0.1, 0.15) is 5.75 Å². The summed E-state index contributed by atoms with van der Waals surface area (Å²) in [6, 6.07) is 7.28. The number of rotatable bonds is 3. The molecule has 8 nitrogen and oxygen atoms in total. The topological polar surface area (TPSA) is 113 Å². The molecule has 0 saturated carbocycles. The Bertz CT molecular complexity index is 706. The number of ether oxygens (including phenoxy) is 1. The van der Waals surface area contributed by atoms with Crippen LogP contribution in [0.15, 0.2) is 33.4 Å². The molecular formula is C11H9N5O3. The molecular weight excluding hydrogens is 250 g/mol. The van der Waals surface area contributed by atoms with E-state index in [1.807, 2.05) is 18.2 Å². The number of benzene rings is 1. The Morgan fingerprint density at radius 1 is 1.21 bits per heavy atom. The molecule has 0 radical (unpaired) electrons. The van der Waals surface area contributed by atoms with Gasteiger partial charge in [-0.15, -0.1) is 0 Å². The molecule has 19 heavy (non-hydrogen) atoms. The van der Waals surface area contributed by atoms with Crippen LogP contribution in [0.1, 0.15) is 0 Å². The first-order valence-corrected chi connectivity index (χ1v) is 5.34. The van der Waals surface area contributed by atoms with Crippen LogP contribution in [-0.4, -0.2) is 27.6 Å². The van der Waals surface area contributed by atoms with Crippen molar-refractivity contribution >= 4 is 5.82 Å². The Labute approximate surface area is 107 Å². The van der Waals surface area contributed by atoms with Crippen LogP contribution in [0.5, 0.6) is 5.75 Å². The zero-order valence-electron chi connectivity index (χ0n) is 9.90. The van der Waals surface area contributed by atoms with Gasteiger partial charge >= 0.3 is 0 Å². The molecule has 0 aliphatic carbocycles. The lowest BCUT2D eigenvalue weighted by Crippen LogP contribution is -1.89. The largest absolute Gasteiger partial charge is 0.497 e. The highest BCUT2D eigenvalue weighted by Crippen LogP contribution is 2.25. The predicted molar refractivity (Wildman–Crippen MR) is 64.0 cm³/mol. The van der Waals surface area contributed by atoms with Gasteiger partial charge in [0.25, 0.3) is 5.89 Å². The summed E-state index contributed by atoms with van der Waals surface area (Å²) in [6.45, 7) is 0. The maximum atomic E-state index is 5.55. The standard InChI is InChI=1S/C11H9N5O3/c1-17-7-4-2-3-6(5-7)10-13-11(18-16-10)8-9(12)15-19-14-8/h2-5H,1H3,(H2,12,15). The van der Waals surface area contributed by atoms with E-state index < -0.39 is 0 Å². The van der Waals surface area contributed by atoms with E-state index in [9.17, 15) is 0 Å². The number of hydrogen-bond acceptors (Lipinski definition) is 8. The number of nitrogen functional groups attached to an aromatic ring is 1. The molecule has 0 unspecified atom stereocenters. The van der Waals surface area contributed by atoms with Crippen LogP contribution in [-0.2, 0) is 0 Å². The van der Waals surface area contributed by atoms with Crippen LogP contribution in [0.3, 0.4) is 0 Å². The molecule has 96 valence electrons. The summed E-state index contributed by atoms with van der Waals surface area (Å²) in [5.41, 5.74) is 6.53. The van der Waals surface area contributed by atoms with Crippen molar-refractivity contribution in [2.24, 2.45) is 0 Å². The molecule has 0 atom stereocenters. The number of aromatic nitrogens is 4. The van der Waals surface area contributed by atoms with Gasteiger partial charge in [-0.25, -0.2) is 4.63 Å². The van der Waals surface area contributed by atoms with Crippen LogP contribution in [0.4, 0.5) is 5.82 Å². The molecule has 0 spiro atoms. The highest BCUT2D eigenvalue weighted by Gasteiger charge is 2.17. The average molecular weight is 259 g/mol. The minimum Gasteiger partial charge on any atom is -0.497 e. The van der Waals surface area contributed by atoms with Gasteiger partial charge in [-0.05, 0) is 22.4 Å². The van der Waals surface area contributed by atoms with Crippen LogP contribution < -0.4 is 10.5 Å². The van der Waals surface area contributed by atoms with E-state index in [0.717, 1.165) is 5.56 Å². The van der Waals surface area contributed by atoms with Gasteiger partial charge in [0.05, 0.1) is 7.11 Å². The molecule has 0 fully saturated rings. The lowest BCUT2D eigenvalue weighted by Gasteiger charge is -1.99. The van der Waals surface area contributed by atoms with Crippen molar-refractivity contribution < 1.29 is 13.9 Å². The maximum absolute atomic E-state index is 5.55. The number of anilines is 1. The van der Waals surface area contributed by atoms with Crippen molar-refractivity contribution in [1.82, 2.24) is 20.5 Å². The fourth-order valence-corrected chi connectivity index (χ4v) is 1.54. The van der Waals surface area contributed by atoms with Gasteiger partial charge in [0, 0.05) is 5.56 Å². The molecule has 0 aliphatic heterocycles. The SMILES string of the molecule is COc1cccc(-c2noc(-c3nonc3N)n2)c1. The molecule has 8 heteroatoms. The normalized spacial score (nSPS) is 10.6. The lowest BCUT2D eigenvalue weighted by atomic mass is 10.2. The van der Waals surface area contributed by atoms with Crippen LogP contribution >= 0.6 is 0 Å². The van der Waals surface area contributed by atoms with Crippen molar-refractivity contribution in [3.63, 3.8) is 0 Å². The number of nitrogens with zero attached hydrogens (tertiary/aromatic N) is 4. The first-order chi connectivity index (χ1) is 9.28. The van der Waals surface area contributed by atoms with Crippen LogP contribution in [0.25, 0.3) is 23.0 Å². The van der Waals surface area contributed by atoms with Gasteiger partial charge in [-0.3, -0.25) is 0 Å². The summed E-state index contributed by atoms with van der Waals surface area (Å²) < 4.78 is 14.7. The zero-order chi connectivity index (χ0) is 13.2. The first kappa shape index (κ1) is 11.2. The first-order valence-electron chi connectivity index (χ1n) is 5.34. The quantitative estimate of drug-likeness (QED) is 0.750. The van der Waals surface area contributed by atoms with E-state index in [1.54, 1.807) is 13.2 Å². The van der Waals surface area contributed by atoms with Gasteiger partial charge in [-0.2, -0.15) is 4.98 Å². The number of nitrogens with two attached hydrogens (primary N) is 1. The third-order valence-corrected chi connectivity index (χ3v) is 2.47. The molecule has 1 aromatic carbocycles. The van der Waals surface area contributed by atoms with E-state index in [4.69, 9.17) is 15.0 Å². The summed E-state index contributed by atoms with van der Waals surface area (Å²) in [5, 5.41) is 10.9. The maximum Gasteiger partial charge on any atom is 0.284 e. The third-order valence-electron chi connectivity index (χ3n) is 2.47. The van der Waals surface area contributed by atoms with Crippen molar-refractivity contribution in [2.45, 2.75) is 0 Å². The van der Waals surface area contributed by atoms with Crippen molar-refractivity contribution in [2.75, 3.05) is 12.8 Å². The Kier molecular flexibility index (Phi) is 2.60. The fourth-order valence-electron chi connectivity index (χ4n) is 1.54. The highest BCUT2D eigenvalue weighted by atomic mass is 16.6. The van der Waals surface area contributed by atoms with E-state index in [-0.39, 0.29) is 17.4 Å². The molecule has 2 aromatic heterocycles. The second-order valence-corrected chi connectivity index (χ2v) is 3.65. The molecule has 2 heterocycles. The van der Waals surface area contributed by atoms with E-state index in [2.05, 4.69) is 25.1 Å². The summed E-state index contributed by atoms with van der Waals surface area (Å²) in [6.07, 6.45) is 0. The fraction of sp³-hybridized carbons (Fsp3) is 0.0909. The minimum atomic E-state index is 0.0980. The minimum absolute atomic E-state index is 0.0980. The number of hydrogen-bond donors (Lipinski definition) is 1. The van der Waals surface area contributed by atoms with Crippen molar-refractivity contribution in [1.29, 1.82) is 0 Å². The summed E-state index contributed by atoms with van der Waals surface area (Å²) >= 11 is 0. The Morgan fingerprint density at radius 2 is 2.11 bits per heavy atom. The van der Waals surface area contributed by atoms with Crippen LogP contribution in [0, 0.1) is 0 Å². The van der Waals surface area contributed by atoms with E-state index in [1.165, 1.54) is 0 Å². The van der Waals surface area contributed by atoms with Gasteiger partial charge < -0.3 is 15.0 Å². The average Bonchev–Trinajstić information content (AvgIpc) is 3.07. The smallest absolute Gasteiger partial charge is 0.284 e. The molecule has 0 aliphatic rings. The zero-order valence-corrected chi connectivity index (χ0v) is 9.90. The van der Waals surface area contributed by atoms with Gasteiger partial charge in [0.2, 0.25) is 17.3 Å². The molecule has 0 amide bonds. The molecule has 3 rings (SSSR count). The molecule has 0 bridgehead atoms.